The second-order valence-corrected chi connectivity index (χ2v) is 7.21. The zero-order valence-electron chi connectivity index (χ0n) is 14.8. The highest BCUT2D eigenvalue weighted by Gasteiger charge is 2.32. The lowest BCUT2D eigenvalue weighted by Crippen LogP contribution is -2.28. The molecule has 0 aromatic heterocycles. The molecule has 1 saturated heterocycles. The van der Waals surface area contributed by atoms with Crippen LogP contribution in [0, 0.1) is 6.92 Å². The molecule has 0 bridgehead atoms. The number of carbonyl (C=O) groups excluding carboxylic acids is 1. The Morgan fingerprint density at radius 2 is 2.08 bits per heavy atom. The predicted molar refractivity (Wildman–Crippen MR) is 109 cm³/mol. The molecule has 1 fully saturated rings. The zero-order chi connectivity index (χ0) is 18.7. The van der Waals surface area contributed by atoms with Gasteiger partial charge >= 0.3 is 0 Å². The highest BCUT2D eigenvalue weighted by atomic mass is 35.5. The van der Waals surface area contributed by atoms with Crippen molar-refractivity contribution in [1.82, 2.24) is 4.90 Å². The molecule has 4 nitrogen and oxygen atoms in total. The largest absolute Gasteiger partial charge is 0.496 e. The number of benzene rings is 2. The molecule has 0 spiro atoms. The monoisotopic (exact) mass is 386 g/mol. The number of methoxy groups -OCH3 is 1. The number of amidine groups is 1. The third-order valence-corrected chi connectivity index (χ3v) is 5.21. The first kappa shape index (κ1) is 18.5. The molecule has 0 N–H and O–H groups in total. The summed E-state index contributed by atoms with van der Waals surface area (Å²) in [5.41, 5.74) is 2.70. The summed E-state index contributed by atoms with van der Waals surface area (Å²) in [6.45, 7) is 4.48. The van der Waals surface area contributed by atoms with E-state index < -0.39 is 0 Å². The Hall–Kier alpha value is -2.24. The molecule has 1 aliphatic heterocycles. The summed E-state index contributed by atoms with van der Waals surface area (Å²) in [6, 6.07) is 13.2. The maximum absolute atomic E-state index is 12.7. The Labute approximate surface area is 162 Å². The smallest absolute Gasteiger partial charge is 0.266 e. The van der Waals surface area contributed by atoms with E-state index in [9.17, 15) is 4.79 Å². The third-order valence-electron chi connectivity index (χ3n) is 3.97. The Morgan fingerprint density at radius 1 is 1.27 bits per heavy atom. The molecule has 26 heavy (non-hydrogen) atoms. The van der Waals surface area contributed by atoms with E-state index in [-0.39, 0.29) is 5.91 Å². The molecule has 2 aromatic rings. The number of carbonyl (C=O) groups is 1. The lowest BCUT2D eigenvalue weighted by Gasteiger charge is -2.12. The number of aryl methyl sites for hydroxylation is 1. The van der Waals surface area contributed by atoms with Gasteiger partial charge in [0, 0.05) is 11.6 Å². The van der Waals surface area contributed by atoms with Gasteiger partial charge in [0.2, 0.25) is 0 Å². The van der Waals surface area contributed by atoms with E-state index in [2.05, 4.69) is 4.99 Å². The van der Waals surface area contributed by atoms with Gasteiger partial charge in [-0.1, -0.05) is 29.8 Å². The fourth-order valence-electron chi connectivity index (χ4n) is 2.60. The maximum Gasteiger partial charge on any atom is 0.266 e. The second kappa shape index (κ2) is 7.98. The normalized spacial score (nSPS) is 17.4. The van der Waals surface area contributed by atoms with Crippen molar-refractivity contribution in [2.45, 2.75) is 13.8 Å². The van der Waals surface area contributed by atoms with Crippen molar-refractivity contribution >= 4 is 46.2 Å². The highest BCUT2D eigenvalue weighted by molar-refractivity contribution is 8.18. The number of amides is 1. The summed E-state index contributed by atoms with van der Waals surface area (Å²) in [6.07, 6.45) is 1.87. The van der Waals surface area contributed by atoms with Crippen molar-refractivity contribution in [3.05, 3.63) is 63.5 Å². The van der Waals surface area contributed by atoms with E-state index in [1.807, 2.05) is 50.3 Å². The summed E-state index contributed by atoms with van der Waals surface area (Å²) < 4.78 is 5.36. The fourth-order valence-corrected chi connectivity index (χ4v) is 3.85. The molecule has 1 amide bonds. The van der Waals surface area contributed by atoms with Gasteiger partial charge in [0.1, 0.15) is 5.75 Å². The molecular weight excluding hydrogens is 368 g/mol. The summed E-state index contributed by atoms with van der Waals surface area (Å²) in [5.74, 6) is 0.757. The molecule has 0 saturated carbocycles. The van der Waals surface area contributed by atoms with Crippen LogP contribution in [0.5, 0.6) is 5.75 Å². The quantitative estimate of drug-likeness (QED) is 0.671. The van der Waals surface area contributed by atoms with E-state index in [1.165, 1.54) is 11.8 Å². The van der Waals surface area contributed by atoms with Crippen molar-refractivity contribution in [3.63, 3.8) is 0 Å². The Morgan fingerprint density at radius 3 is 2.77 bits per heavy atom. The van der Waals surface area contributed by atoms with E-state index in [1.54, 1.807) is 24.1 Å². The van der Waals surface area contributed by atoms with Crippen LogP contribution in [-0.4, -0.2) is 29.6 Å². The molecule has 0 radical (unpaired) electrons. The van der Waals surface area contributed by atoms with Crippen LogP contribution in [0.25, 0.3) is 6.08 Å². The van der Waals surface area contributed by atoms with E-state index in [4.69, 9.17) is 16.3 Å². The van der Waals surface area contributed by atoms with Crippen molar-refractivity contribution < 1.29 is 9.53 Å². The molecule has 134 valence electrons. The number of thioether (sulfide) groups is 1. The topological polar surface area (TPSA) is 41.9 Å². The molecule has 2 aromatic carbocycles. The predicted octanol–water partition coefficient (Wildman–Crippen LogP) is 5.28. The second-order valence-electron chi connectivity index (χ2n) is 5.76. The minimum atomic E-state index is -0.0437. The van der Waals surface area contributed by atoms with Gasteiger partial charge in [-0.05, 0) is 67.1 Å². The minimum absolute atomic E-state index is 0.0437. The van der Waals surface area contributed by atoms with Crippen LogP contribution < -0.4 is 4.74 Å². The van der Waals surface area contributed by atoms with E-state index in [0.29, 0.717) is 21.6 Å². The van der Waals surface area contributed by atoms with Crippen molar-refractivity contribution in [3.8, 4) is 5.75 Å². The SMILES string of the molecule is CCN1C(=O)/C(=C\c2ccc(C)c(OC)c2)SC1=Nc1cccc(Cl)c1. The van der Waals surface area contributed by atoms with Crippen LogP contribution in [0.4, 0.5) is 5.69 Å². The number of aliphatic imine (C=N–C) groups is 1. The van der Waals surface area contributed by atoms with Crippen LogP contribution in [-0.2, 0) is 4.79 Å². The molecule has 0 atom stereocenters. The lowest BCUT2D eigenvalue weighted by atomic mass is 10.1. The Kier molecular flexibility index (Phi) is 5.69. The van der Waals surface area contributed by atoms with Crippen molar-refractivity contribution in [1.29, 1.82) is 0 Å². The number of hydrogen-bond donors (Lipinski definition) is 0. The molecular formula is C20H19ClN2O2S. The minimum Gasteiger partial charge on any atom is -0.496 e. The maximum atomic E-state index is 12.7. The van der Waals surface area contributed by atoms with Gasteiger partial charge in [-0.2, -0.15) is 0 Å². The molecule has 1 heterocycles. The van der Waals surface area contributed by atoms with E-state index in [0.717, 1.165) is 22.6 Å². The van der Waals surface area contributed by atoms with Gasteiger partial charge in [-0.25, -0.2) is 4.99 Å². The standard InChI is InChI=1S/C20H19ClN2O2S/c1-4-23-19(24)18(11-14-9-8-13(2)17(10-14)25-3)26-20(23)22-16-7-5-6-15(21)12-16/h5-12H,4H2,1-3H3/b18-11+,22-20?. The van der Waals surface area contributed by atoms with Crippen LogP contribution in [0.1, 0.15) is 18.1 Å². The fraction of sp³-hybridized carbons (Fsp3) is 0.200. The van der Waals surface area contributed by atoms with Crippen LogP contribution in [0.15, 0.2) is 52.4 Å². The van der Waals surface area contributed by atoms with Crippen molar-refractivity contribution in [2.75, 3.05) is 13.7 Å². The molecule has 3 rings (SSSR count). The van der Waals surface area contributed by atoms with Gasteiger partial charge in [-0.3, -0.25) is 9.69 Å². The van der Waals surface area contributed by atoms with Gasteiger partial charge in [0.05, 0.1) is 17.7 Å². The number of rotatable bonds is 4. The zero-order valence-corrected chi connectivity index (χ0v) is 16.4. The van der Waals surface area contributed by atoms with Crippen LogP contribution in [0.3, 0.4) is 0 Å². The summed E-state index contributed by atoms with van der Waals surface area (Å²) >= 11 is 7.39. The Bertz CT molecular complexity index is 908. The number of ether oxygens (including phenoxy) is 1. The van der Waals surface area contributed by atoms with Gasteiger partial charge in [-0.15, -0.1) is 0 Å². The summed E-state index contributed by atoms with van der Waals surface area (Å²) in [7, 11) is 1.64. The molecule has 0 aliphatic carbocycles. The molecule has 1 aliphatic rings. The average molecular weight is 387 g/mol. The number of hydrogen-bond acceptors (Lipinski definition) is 4. The van der Waals surface area contributed by atoms with Gasteiger partial charge < -0.3 is 4.74 Å². The van der Waals surface area contributed by atoms with Crippen LogP contribution >= 0.6 is 23.4 Å². The first-order valence-corrected chi connectivity index (χ1v) is 9.41. The van der Waals surface area contributed by atoms with Crippen LogP contribution in [0.2, 0.25) is 5.02 Å². The third kappa shape index (κ3) is 3.94. The molecule has 0 unspecified atom stereocenters. The van der Waals surface area contributed by atoms with Crippen molar-refractivity contribution in [2.24, 2.45) is 4.99 Å². The first-order chi connectivity index (χ1) is 12.5. The van der Waals surface area contributed by atoms with E-state index >= 15 is 0 Å². The first-order valence-electron chi connectivity index (χ1n) is 8.22. The number of likely N-dealkylation sites (N-methyl/N-ethyl adjacent to an activating group) is 1. The summed E-state index contributed by atoms with van der Waals surface area (Å²) in [5, 5.41) is 1.27. The number of halogens is 1. The van der Waals surface area contributed by atoms with Gasteiger partial charge in [0.15, 0.2) is 5.17 Å². The summed E-state index contributed by atoms with van der Waals surface area (Å²) in [4.78, 5) is 19.6. The van der Waals surface area contributed by atoms with Gasteiger partial charge in [0.25, 0.3) is 5.91 Å². The highest BCUT2D eigenvalue weighted by Crippen LogP contribution is 2.35. The molecule has 6 heteroatoms. The number of nitrogens with zero attached hydrogens (tertiary/aromatic N) is 2. The Balaban J connectivity index is 1.94. The average Bonchev–Trinajstić information content (AvgIpc) is 2.91. The lowest BCUT2D eigenvalue weighted by molar-refractivity contribution is -0.122.